The number of anilines is 2. The van der Waals surface area contributed by atoms with E-state index in [1.54, 1.807) is 12.1 Å². The van der Waals surface area contributed by atoms with Crippen LogP contribution in [0.1, 0.15) is 33.1 Å². The zero-order chi connectivity index (χ0) is 15.6. The van der Waals surface area contributed by atoms with Crippen molar-refractivity contribution in [1.82, 2.24) is 4.72 Å². The fourth-order valence-electron chi connectivity index (χ4n) is 3.07. The van der Waals surface area contributed by atoms with Gasteiger partial charge in [0.2, 0.25) is 10.0 Å². The van der Waals surface area contributed by atoms with Crippen LogP contribution in [0.2, 0.25) is 0 Å². The van der Waals surface area contributed by atoms with E-state index in [-0.39, 0.29) is 4.90 Å². The highest BCUT2D eigenvalue weighted by Crippen LogP contribution is 2.32. The maximum Gasteiger partial charge on any atom is 0.242 e. The lowest BCUT2D eigenvalue weighted by atomic mass is 9.80. The molecule has 5 nitrogen and oxygen atoms in total. The Morgan fingerprint density at radius 2 is 1.95 bits per heavy atom. The fourth-order valence-corrected chi connectivity index (χ4v) is 4.00. The summed E-state index contributed by atoms with van der Waals surface area (Å²) in [6.07, 6.45) is 3.40. The summed E-state index contributed by atoms with van der Waals surface area (Å²) in [5, 5.41) is 3.41. The Labute approximate surface area is 127 Å². The Balaban J connectivity index is 2.28. The van der Waals surface area contributed by atoms with Gasteiger partial charge in [0.1, 0.15) is 4.90 Å². The van der Waals surface area contributed by atoms with Gasteiger partial charge in [-0.15, -0.1) is 0 Å². The van der Waals surface area contributed by atoms with Crippen LogP contribution in [0.5, 0.6) is 0 Å². The SMILES string of the molecule is CNS(=O)(=O)c1cc(N)ccc1NC1CCC(C)CC1C. The van der Waals surface area contributed by atoms with Crippen LogP contribution >= 0.6 is 0 Å². The van der Waals surface area contributed by atoms with Crippen molar-refractivity contribution in [3.63, 3.8) is 0 Å². The van der Waals surface area contributed by atoms with E-state index in [0.29, 0.717) is 23.3 Å². The van der Waals surface area contributed by atoms with Crippen molar-refractivity contribution in [1.29, 1.82) is 0 Å². The number of rotatable bonds is 4. The molecule has 0 radical (unpaired) electrons. The molecule has 0 saturated heterocycles. The molecule has 1 saturated carbocycles. The fraction of sp³-hybridized carbons (Fsp3) is 0.600. The summed E-state index contributed by atoms with van der Waals surface area (Å²) in [6.45, 7) is 4.49. The molecule has 118 valence electrons. The molecule has 0 aliphatic heterocycles. The molecule has 6 heteroatoms. The molecule has 0 bridgehead atoms. The second-order valence-corrected chi connectivity index (χ2v) is 7.96. The van der Waals surface area contributed by atoms with Crippen molar-refractivity contribution in [3.05, 3.63) is 18.2 Å². The van der Waals surface area contributed by atoms with Gasteiger partial charge in [-0.1, -0.05) is 13.8 Å². The molecule has 0 heterocycles. The molecular weight excluding hydrogens is 286 g/mol. The number of hydrogen-bond donors (Lipinski definition) is 3. The van der Waals surface area contributed by atoms with Gasteiger partial charge in [0.15, 0.2) is 0 Å². The molecular formula is C15H25N3O2S. The Morgan fingerprint density at radius 3 is 2.57 bits per heavy atom. The van der Waals surface area contributed by atoms with Crippen LogP contribution in [0.4, 0.5) is 11.4 Å². The molecule has 1 aromatic carbocycles. The number of sulfonamides is 1. The van der Waals surface area contributed by atoms with E-state index in [1.165, 1.54) is 26.0 Å². The van der Waals surface area contributed by atoms with E-state index in [2.05, 4.69) is 23.9 Å². The van der Waals surface area contributed by atoms with Gasteiger partial charge in [-0.2, -0.15) is 0 Å². The minimum absolute atomic E-state index is 0.218. The molecule has 4 N–H and O–H groups in total. The molecule has 1 fully saturated rings. The Hall–Kier alpha value is -1.27. The summed E-state index contributed by atoms with van der Waals surface area (Å²) in [7, 11) is -2.11. The van der Waals surface area contributed by atoms with Crippen LogP contribution in [0.15, 0.2) is 23.1 Å². The first kappa shape index (κ1) is 16.1. The third-order valence-electron chi connectivity index (χ3n) is 4.34. The van der Waals surface area contributed by atoms with Crippen LogP contribution in [-0.2, 0) is 10.0 Å². The third kappa shape index (κ3) is 3.68. The third-order valence-corrected chi connectivity index (χ3v) is 5.79. The van der Waals surface area contributed by atoms with Gasteiger partial charge in [0, 0.05) is 11.7 Å². The second kappa shape index (κ2) is 6.23. The molecule has 0 amide bonds. The van der Waals surface area contributed by atoms with Gasteiger partial charge in [0.25, 0.3) is 0 Å². The Morgan fingerprint density at radius 1 is 1.24 bits per heavy atom. The van der Waals surface area contributed by atoms with Crippen molar-refractivity contribution >= 4 is 21.4 Å². The standard InChI is InChI=1S/C15H25N3O2S/c1-10-4-6-13(11(2)8-10)18-14-7-5-12(16)9-15(14)21(19,20)17-3/h5,7,9-11,13,17-18H,4,6,8,16H2,1-3H3. The van der Waals surface area contributed by atoms with Gasteiger partial charge in [-0.05, 0) is 56.3 Å². The summed E-state index contributed by atoms with van der Waals surface area (Å²) < 4.78 is 26.6. The molecule has 3 atom stereocenters. The summed E-state index contributed by atoms with van der Waals surface area (Å²) in [5.74, 6) is 1.27. The Kier molecular flexibility index (Phi) is 4.78. The average molecular weight is 311 g/mol. The zero-order valence-electron chi connectivity index (χ0n) is 12.9. The number of hydrogen-bond acceptors (Lipinski definition) is 4. The van der Waals surface area contributed by atoms with E-state index < -0.39 is 10.0 Å². The normalized spacial score (nSPS) is 26.5. The maximum atomic E-state index is 12.1. The quantitative estimate of drug-likeness (QED) is 0.746. The molecule has 0 aromatic heterocycles. The second-order valence-electron chi connectivity index (χ2n) is 6.11. The number of nitrogens with one attached hydrogen (secondary N) is 2. The highest BCUT2D eigenvalue weighted by Gasteiger charge is 2.27. The van der Waals surface area contributed by atoms with Crippen molar-refractivity contribution in [2.75, 3.05) is 18.1 Å². The lowest BCUT2D eigenvalue weighted by Gasteiger charge is -2.34. The smallest absolute Gasteiger partial charge is 0.242 e. The molecule has 3 unspecified atom stereocenters. The van der Waals surface area contributed by atoms with Crippen LogP contribution in [-0.4, -0.2) is 21.5 Å². The van der Waals surface area contributed by atoms with Gasteiger partial charge in [0.05, 0.1) is 5.69 Å². The molecule has 1 aromatic rings. The van der Waals surface area contributed by atoms with Gasteiger partial charge >= 0.3 is 0 Å². The minimum atomic E-state index is -3.52. The van der Waals surface area contributed by atoms with Crippen molar-refractivity contribution < 1.29 is 8.42 Å². The highest BCUT2D eigenvalue weighted by molar-refractivity contribution is 7.89. The number of benzene rings is 1. The van der Waals surface area contributed by atoms with Gasteiger partial charge < -0.3 is 11.1 Å². The summed E-state index contributed by atoms with van der Waals surface area (Å²) in [6, 6.07) is 5.29. The van der Waals surface area contributed by atoms with Gasteiger partial charge in [-0.25, -0.2) is 13.1 Å². The number of nitrogens with two attached hydrogens (primary N) is 1. The van der Waals surface area contributed by atoms with Crippen LogP contribution in [0.25, 0.3) is 0 Å². The topological polar surface area (TPSA) is 84.2 Å². The van der Waals surface area contributed by atoms with E-state index >= 15 is 0 Å². The maximum absolute atomic E-state index is 12.1. The number of nitrogen functional groups attached to an aromatic ring is 1. The molecule has 0 spiro atoms. The first-order chi connectivity index (χ1) is 9.83. The van der Waals surface area contributed by atoms with Crippen molar-refractivity contribution in [3.8, 4) is 0 Å². The molecule has 1 aliphatic carbocycles. The minimum Gasteiger partial charge on any atom is -0.399 e. The average Bonchev–Trinajstić information content (AvgIpc) is 2.43. The van der Waals surface area contributed by atoms with Crippen molar-refractivity contribution in [2.45, 2.75) is 44.0 Å². The summed E-state index contributed by atoms with van der Waals surface area (Å²) in [4.78, 5) is 0.218. The van der Waals surface area contributed by atoms with E-state index in [9.17, 15) is 8.42 Å². The lowest BCUT2D eigenvalue weighted by molar-refractivity contribution is 0.276. The van der Waals surface area contributed by atoms with Crippen molar-refractivity contribution in [2.24, 2.45) is 11.8 Å². The molecule has 1 aliphatic rings. The molecule has 21 heavy (non-hydrogen) atoms. The van der Waals surface area contributed by atoms with E-state index in [1.807, 2.05) is 0 Å². The summed E-state index contributed by atoms with van der Waals surface area (Å²) in [5.41, 5.74) is 6.81. The Bertz CT molecular complexity index is 601. The van der Waals surface area contributed by atoms with E-state index in [4.69, 9.17) is 5.73 Å². The first-order valence-electron chi connectivity index (χ1n) is 7.43. The van der Waals surface area contributed by atoms with E-state index in [0.717, 1.165) is 12.3 Å². The van der Waals surface area contributed by atoms with Gasteiger partial charge in [-0.3, -0.25) is 0 Å². The predicted molar refractivity (Wildman–Crippen MR) is 86.7 cm³/mol. The largest absolute Gasteiger partial charge is 0.399 e. The zero-order valence-corrected chi connectivity index (χ0v) is 13.7. The predicted octanol–water partition coefficient (Wildman–Crippen LogP) is 2.41. The lowest BCUT2D eigenvalue weighted by Crippen LogP contribution is -2.34. The highest BCUT2D eigenvalue weighted by atomic mass is 32.2. The first-order valence-corrected chi connectivity index (χ1v) is 8.91. The van der Waals surface area contributed by atoms with Crippen LogP contribution < -0.4 is 15.8 Å². The summed E-state index contributed by atoms with van der Waals surface area (Å²) >= 11 is 0. The van der Waals surface area contributed by atoms with Crippen LogP contribution in [0.3, 0.4) is 0 Å². The monoisotopic (exact) mass is 311 g/mol. The molecule has 2 rings (SSSR count). The van der Waals surface area contributed by atoms with Crippen LogP contribution in [0, 0.1) is 11.8 Å².